The van der Waals surface area contributed by atoms with Gasteiger partial charge in [-0.1, -0.05) is 42.5 Å². The summed E-state index contributed by atoms with van der Waals surface area (Å²) in [6.07, 6.45) is 4.79. The predicted octanol–water partition coefficient (Wildman–Crippen LogP) is 1.54. The largest absolute Gasteiger partial charge is 0.260 e. The molecular weight excluding hydrogens is 184 g/mol. The zero-order valence-corrected chi connectivity index (χ0v) is 7.66. The highest BCUT2D eigenvalue weighted by Gasteiger charge is 1.78. The van der Waals surface area contributed by atoms with E-state index in [1.165, 1.54) is 6.08 Å². The average Bonchev–Trinajstić information content (AvgIpc) is 2.14. The van der Waals surface area contributed by atoms with Gasteiger partial charge in [0.1, 0.15) is 0 Å². The molecule has 1 aromatic carbocycles. The quantitative estimate of drug-likeness (QED) is 0.526. The Balaban J connectivity index is 2.77. The molecule has 1 aromatic rings. The lowest BCUT2D eigenvalue weighted by atomic mass is 10.2. The Kier molecular flexibility index (Phi) is 3.76. The fraction of sp³-hybridized carbons (Fsp3) is 0. The first-order valence-electron chi connectivity index (χ1n) is 3.69. The van der Waals surface area contributed by atoms with E-state index in [9.17, 15) is 8.42 Å². The van der Waals surface area contributed by atoms with Crippen molar-refractivity contribution in [1.29, 1.82) is 0 Å². The zero-order valence-electron chi connectivity index (χ0n) is 6.84. The van der Waals surface area contributed by atoms with Crippen LogP contribution in [0.15, 0.2) is 42.5 Å². The van der Waals surface area contributed by atoms with Crippen LogP contribution in [-0.4, -0.2) is 13.4 Å². The maximum atomic E-state index is 10.0. The van der Waals surface area contributed by atoms with E-state index in [0.717, 1.165) is 5.56 Å². The third-order valence-corrected chi connectivity index (χ3v) is 1.68. The first kappa shape index (κ1) is 9.52. The van der Waals surface area contributed by atoms with Crippen LogP contribution in [0.4, 0.5) is 0 Å². The highest BCUT2D eigenvalue weighted by molar-refractivity contribution is 7.70. The molecule has 0 radical (unpaired) electrons. The highest BCUT2D eigenvalue weighted by Crippen LogP contribution is 1.99. The van der Waals surface area contributed by atoms with Crippen LogP contribution in [0, 0.1) is 0 Å². The molecule has 0 atom stereocenters. The number of benzene rings is 1. The Labute approximate surface area is 78.4 Å². The van der Waals surface area contributed by atoms with Gasteiger partial charge in [0, 0.05) is 5.02 Å². The van der Waals surface area contributed by atoms with Crippen molar-refractivity contribution in [2.75, 3.05) is 0 Å². The summed E-state index contributed by atoms with van der Waals surface area (Å²) in [6, 6.07) is 9.61. The molecule has 0 saturated heterocycles. The first-order chi connectivity index (χ1) is 6.29. The van der Waals surface area contributed by atoms with Crippen LogP contribution in [0.25, 0.3) is 6.08 Å². The SMILES string of the molecule is O=S(=O)=C=CC=Cc1ccccc1. The van der Waals surface area contributed by atoms with Crippen molar-refractivity contribution >= 4 is 21.4 Å². The van der Waals surface area contributed by atoms with Gasteiger partial charge < -0.3 is 0 Å². The standard InChI is InChI=1S/C10H8O2S/c11-13(12)9-5-4-8-10-6-2-1-3-7-10/h1-8H. The van der Waals surface area contributed by atoms with Crippen molar-refractivity contribution in [3.8, 4) is 0 Å². The van der Waals surface area contributed by atoms with Crippen LogP contribution in [0.2, 0.25) is 0 Å². The van der Waals surface area contributed by atoms with E-state index in [1.807, 2.05) is 30.3 Å². The summed E-state index contributed by atoms with van der Waals surface area (Å²) < 4.78 is 20.1. The van der Waals surface area contributed by atoms with Gasteiger partial charge in [-0.25, -0.2) is 0 Å². The minimum atomic E-state index is -2.23. The number of hydrogen-bond acceptors (Lipinski definition) is 2. The molecule has 0 saturated carbocycles. The predicted molar refractivity (Wildman–Crippen MR) is 54.0 cm³/mol. The van der Waals surface area contributed by atoms with Gasteiger partial charge in [-0.3, -0.25) is 0 Å². The van der Waals surface area contributed by atoms with Crippen LogP contribution in [0.5, 0.6) is 0 Å². The molecule has 66 valence electrons. The lowest BCUT2D eigenvalue weighted by Gasteiger charge is -1.87. The van der Waals surface area contributed by atoms with Crippen molar-refractivity contribution in [1.82, 2.24) is 0 Å². The molecule has 1 rings (SSSR count). The summed E-state index contributed by atoms with van der Waals surface area (Å²) in [7, 11) is -2.23. The molecular formula is C10H8O2S. The molecule has 0 heterocycles. The smallest absolute Gasteiger partial charge is 0.176 e. The molecule has 0 aliphatic rings. The monoisotopic (exact) mass is 192 g/mol. The van der Waals surface area contributed by atoms with Crippen LogP contribution in [-0.2, 0) is 10.3 Å². The Bertz CT molecular complexity index is 441. The van der Waals surface area contributed by atoms with Crippen LogP contribution >= 0.6 is 0 Å². The molecule has 0 spiro atoms. The van der Waals surface area contributed by atoms with Gasteiger partial charge in [0.25, 0.3) is 10.3 Å². The van der Waals surface area contributed by atoms with Gasteiger partial charge in [0.15, 0.2) is 0 Å². The molecule has 0 aromatic heterocycles. The van der Waals surface area contributed by atoms with Crippen LogP contribution in [0.3, 0.4) is 0 Å². The maximum Gasteiger partial charge on any atom is 0.260 e. The van der Waals surface area contributed by atoms with Gasteiger partial charge >= 0.3 is 0 Å². The number of hydrogen-bond donors (Lipinski definition) is 0. The van der Waals surface area contributed by atoms with E-state index < -0.39 is 10.3 Å². The third kappa shape index (κ3) is 4.11. The number of rotatable bonds is 2. The second-order valence-electron chi connectivity index (χ2n) is 2.29. The summed E-state index contributed by atoms with van der Waals surface area (Å²) in [5, 5.41) is 2.12. The van der Waals surface area contributed by atoms with E-state index in [0.29, 0.717) is 0 Å². The fourth-order valence-corrected chi connectivity index (χ4v) is 1.01. The summed E-state index contributed by atoms with van der Waals surface area (Å²) >= 11 is 0. The Morgan fingerprint density at radius 2 is 1.85 bits per heavy atom. The average molecular weight is 192 g/mol. The van der Waals surface area contributed by atoms with Gasteiger partial charge in [-0.2, -0.15) is 8.42 Å². The topological polar surface area (TPSA) is 34.1 Å². The molecule has 0 aliphatic carbocycles. The molecule has 0 amide bonds. The van der Waals surface area contributed by atoms with Gasteiger partial charge in [-0.05, 0) is 11.6 Å². The molecule has 0 bridgehead atoms. The minimum Gasteiger partial charge on any atom is -0.176 e. The van der Waals surface area contributed by atoms with Crippen LogP contribution < -0.4 is 0 Å². The maximum absolute atomic E-state index is 10.0. The second kappa shape index (κ2) is 5.14. The van der Waals surface area contributed by atoms with Crippen molar-refractivity contribution in [2.24, 2.45) is 0 Å². The van der Waals surface area contributed by atoms with E-state index in [-0.39, 0.29) is 0 Å². The Hall–Kier alpha value is -1.57. The van der Waals surface area contributed by atoms with Crippen molar-refractivity contribution in [3.63, 3.8) is 0 Å². The molecule has 0 fully saturated rings. The van der Waals surface area contributed by atoms with Gasteiger partial charge in [0.05, 0.1) is 0 Å². The van der Waals surface area contributed by atoms with Gasteiger partial charge in [-0.15, -0.1) is 0 Å². The molecule has 0 unspecified atom stereocenters. The minimum absolute atomic E-state index is 1.03. The van der Waals surface area contributed by atoms with Crippen LogP contribution in [0.1, 0.15) is 5.56 Å². The zero-order chi connectivity index (χ0) is 9.52. The van der Waals surface area contributed by atoms with Crippen molar-refractivity contribution in [2.45, 2.75) is 0 Å². The lowest BCUT2D eigenvalue weighted by Crippen LogP contribution is -1.66. The molecule has 3 heteroatoms. The molecule has 0 N–H and O–H groups in total. The number of allylic oxidation sites excluding steroid dienone is 2. The van der Waals surface area contributed by atoms with Crippen molar-refractivity contribution < 1.29 is 8.42 Å². The lowest BCUT2D eigenvalue weighted by molar-refractivity contribution is 0.627. The van der Waals surface area contributed by atoms with E-state index >= 15 is 0 Å². The van der Waals surface area contributed by atoms with E-state index in [1.54, 1.807) is 12.2 Å². The highest BCUT2D eigenvalue weighted by atomic mass is 32.2. The second-order valence-corrected chi connectivity index (χ2v) is 2.99. The summed E-state index contributed by atoms with van der Waals surface area (Å²) in [6.45, 7) is 0. The van der Waals surface area contributed by atoms with Gasteiger partial charge in [0.2, 0.25) is 0 Å². The van der Waals surface area contributed by atoms with E-state index in [2.05, 4.69) is 5.02 Å². The Morgan fingerprint density at radius 1 is 1.15 bits per heavy atom. The first-order valence-corrected chi connectivity index (χ1v) is 4.77. The summed E-state index contributed by atoms with van der Waals surface area (Å²) in [4.78, 5) is 0. The van der Waals surface area contributed by atoms with E-state index in [4.69, 9.17) is 0 Å². The molecule has 13 heavy (non-hydrogen) atoms. The molecule has 2 nitrogen and oxygen atoms in total. The molecule has 0 aliphatic heterocycles. The Morgan fingerprint density at radius 3 is 2.46 bits per heavy atom. The summed E-state index contributed by atoms with van der Waals surface area (Å²) in [5.41, 5.74) is 1.03. The van der Waals surface area contributed by atoms with Crippen molar-refractivity contribution in [3.05, 3.63) is 48.0 Å². The normalized spacial score (nSPS) is 9.54. The third-order valence-electron chi connectivity index (χ3n) is 1.35. The summed E-state index contributed by atoms with van der Waals surface area (Å²) in [5.74, 6) is 0. The fourth-order valence-electron chi connectivity index (χ4n) is 0.818.